The van der Waals surface area contributed by atoms with Gasteiger partial charge in [-0.05, 0) is 31.3 Å². The van der Waals surface area contributed by atoms with Crippen LogP contribution in [-0.4, -0.2) is 19.9 Å². The van der Waals surface area contributed by atoms with Crippen molar-refractivity contribution in [3.05, 3.63) is 59.1 Å². The van der Waals surface area contributed by atoms with Crippen molar-refractivity contribution in [2.45, 2.75) is 10.9 Å². The molecule has 0 aliphatic rings. The van der Waals surface area contributed by atoms with Crippen LogP contribution in [0, 0.1) is 0 Å². The second-order valence-electron chi connectivity index (χ2n) is 4.35. The molecule has 0 aliphatic heterocycles. The molecule has 0 fully saturated rings. The number of thioether (sulfide) groups is 1. The van der Waals surface area contributed by atoms with E-state index >= 15 is 0 Å². The first kappa shape index (κ1) is 15.2. The molecule has 0 aromatic heterocycles. The molecule has 0 aliphatic carbocycles. The number of nitrogens with one attached hydrogen (secondary N) is 1. The average molecular weight is 308 g/mol. The van der Waals surface area contributed by atoms with Gasteiger partial charge in [-0.2, -0.15) is 0 Å². The molecule has 0 saturated carbocycles. The van der Waals surface area contributed by atoms with Gasteiger partial charge in [0.25, 0.3) is 0 Å². The zero-order valence-electron chi connectivity index (χ0n) is 11.6. The van der Waals surface area contributed by atoms with E-state index in [-0.39, 0.29) is 6.04 Å². The van der Waals surface area contributed by atoms with Crippen LogP contribution < -0.4 is 10.1 Å². The van der Waals surface area contributed by atoms with Gasteiger partial charge in [0, 0.05) is 27.3 Å². The highest BCUT2D eigenvalue weighted by Crippen LogP contribution is 2.30. The molecule has 0 bridgehead atoms. The molecule has 2 aromatic rings. The maximum atomic E-state index is 6.01. The van der Waals surface area contributed by atoms with Crippen molar-refractivity contribution >= 4 is 23.4 Å². The van der Waals surface area contributed by atoms with Crippen LogP contribution in [0.2, 0.25) is 5.02 Å². The van der Waals surface area contributed by atoms with E-state index in [1.165, 1.54) is 10.5 Å². The largest absolute Gasteiger partial charge is 0.496 e. The van der Waals surface area contributed by atoms with E-state index in [0.29, 0.717) is 0 Å². The van der Waals surface area contributed by atoms with E-state index in [0.717, 1.165) is 16.5 Å². The summed E-state index contributed by atoms with van der Waals surface area (Å²) in [5, 5.41) is 4.12. The molecule has 1 N–H and O–H groups in total. The Kier molecular flexibility index (Phi) is 5.77. The van der Waals surface area contributed by atoms with Gasteiger partial charge in [0.15, 0.2) is 0 Å². The van der Waals surface area contributed by atoms with Crippen molar-refractivity contribution in [2.75, 3.05) is 19.9 Å². The van der Waals surface area contributed by atoms with E-state index in [1.54, 1.807) is 18.9 Å². The molecule has 1 unspecified atom stereocenters. The number of halogens is 1. The fraction of sp³-hybridized carbons (Fsp3) is 0.250. The lowest BCUT2D eigenvalue weighted by atomic mass is 10.1. The lowest BCUT2D eigenvalue weighted by Gasteiger charge is -2.19. The summed E-state index contributed by atoms with van der Waals surface area (Å²) in [6.07, 6.45) is 0. The molecule has 2 aromatic carbocycles. The lowest BCUT2D eigenvalue weighted by Crippen LogP contribution is -2.19. The summed E-state index contributed by atoms with van der Waals surface area (Å²) in [6, 6.07) is 16.3. The van der Waals surface area contributed by atoms with Gasteiger partial charge in [-0.1, -0.05) is 35.9 Å². The fourth-order valence-electron chi connectivity index (χ4n) is 2.02. The summed E-state index contributed by atoms with van der Waals surface area (Å²) in [5.41, 5.74) is 1.17. The highest BCUT2D eigenvalue weighted by atomic mass is 35.5. The van der Waals surface area contributed by atoms with Crippen LogP contribution in [0.3, 0.4) is 0 Å². The van der Waals surface area contributed by atoms with Gasteiger partial charge in [0.2, 0.25) is 0 Å². The molecule has 0 radical (unpaired) electrons. The smallest absolute Gasteiger partial charge is 0.123 e. The molecule has 20 heavy (non-hydrogen) atoms. The minimum Gasteiger partial charge on any atom is -0.496 e. The summed E-state index contributed by atoms with van der Waals surface area (Å²) in [7, 11) is 3.67. The Morgan fingerprint density at radius 3 is 2.70 bits per heavy atom. The fourth-order valence-corrected chi connectivity index (χ4v) is 3.36. The SMILES string of the molecule is CNC(CSc1cccc(Cl)c1)c1ccccc1OC. The van der Waals surface area contributed by atoms with Gasteiger partial charge < -0.3 is 10.1 Å². The molecule has 2 nitrogen and oxygen atoms in total. The number of para-hydroxylation sites is 1. The summed E-state index contributed by atoms with van der Waals surface area (Å²) in [5.74, 6) is 1.83. The molecular weight excluding hydrogens is 290 g/mol. The van der Waals surface area contributed by atoms with E-state index in [4.69, 9.17) is 16.3 Å². The van der Waals surface area contributed by atoms with Crippen molar-refractivity contribution in [1.82, 2.24) is 5.32 Å². The number of benzene rings is 2. The molecule has 0 amide bonds. The maximum Gasteiger partial charge on any atom is 0.123 e. The number of hydrogen-bond acceptors (Lipinski definition) is 3. The van der Waals surface area contributed by atoms with Gasteiger partial charge in [0.1, 0.15) is 5.75 Å². The van der Waals surface area contributed by atoms with Crippen LogP contribution in [0.15, 0.2) is 53.4 Å². The van der Waals surface area contributed by atoms with Crippen molar-refractivity contribution in [2.24, 2.45) is 0 Å². The molecular formula is C16H18ClNOS. The van der Waals surface area contributed by atoms with E-state index in [9.17, 15) is 0 Å². The lowest BCUT2D eigenvalue weighted by molar-refractivity contribution is 0.404. The van der Waals surface area contributed by atoms with Gasteiger partial charge in [-0.25, -0.2) is 0 Å². The quantitative estimate of drug-likeness (QED) is 0.799. The third-order valence-electron chi connectivity index (χ3n) is 3.08. The maximum absolute atomic E-state index is 6.01. The molecule has 2 rings (SSSR count). The van der Waals surface area contributed by atoms with Crippen LogP contribution in [-0.2, 0) is 0 Å². The Morgan fingerprint density at radius 2 is 2.00 bits per heavy atom. The van der Waals surface area contributed by atoms with E-state index in [2.05, 4.69) is 17.4 Å². The first-order valence-corrected chi connectivity index (χ1v) is 7.79. The first-order valence-electron chi connectivity index (χ1n) is 6.43. The zero-order valence-corrected chi connectivity index (χ0v) is 13.2. The Hall–Kier alpha value is -1.16. The predicted octanol–water partition coefficient (Wildman–Crippen LogP) is 4.40. The van der Waals surface area contributed by atoms with Crippen molar-refractivity contribution in [1.29, 1.82) is 0 Å². The Morgan fingerprint density at radius 1 is 1.20 bits per heavy atom. The summed E-state index contributed by atoms with van der Waals surface area (Å²) in [4.78, 5) is 1.17. The average Bonchev–Trinajstić information content (AvgIpc) is 2.48. The van der Waals surface area contributed by atoms with E-state index in [1.807, 2.05) is 43.4 Å². The van der Waals surface area contributed by atoms with Crippen LogP contribution in [0.5, 0.6) is 5.75 Å². The van der Waals surface area contributed by atoms with Crippen LogP contribution in [0.25, 0.3) is 0 Å². The van der Waals surface area contributed by atoms with Crippen molar-refractivity contribution in [3.8, 4) is 5.75 Å². The normalized spacial score (nSPS) is 12.2. The first-order chi connectivity index (χ1) is 9.74. The third-order valence-corrected chi connectivity index (χ3v) is 4.40. The molecule has 0 heterocycles. The molecule has 0 saturated heterocycles. The van der Waals surface area contributed by atoms with Crippen LogP contribution in [0.4, 0.5) is 0 Å². The van der Waals surface area contributed by atoms with Gasteiger partial charge in [-0.3, -0.25) is 0 Å². The highest BCUT2D eigenvalue weighted by molar-refractivity contribution is 7.99. The summed E-state index contributed by atoms with van der Waals surface area (Å²) in [6.45, 7) is 0. The summed E-state index contributed by atoms with van der Waals surface area (Å²) >= 11 is 7.79. The monoisotopic (exact) mass is 307 g/mol. The van der Waals surface area contributed by atoms with Crippen LogP contribution in [0.1, 0.15) is 11.6 Å². The Labute approximate surface area is 129 Å². The Bertz CT molecular complexity index is 562. The van der Waals surface area contributed by atoms with Crippen LogP contribution >= 0.6 is 23.4 Å². The second kappa shape index (κ2) is 7.58. The second-order valence-corrected chi connectivity index (χ2v) is 5.88. The number of rotatable bonds is 6. The summed E-state index contributed by atoms with van der Waals surface area (Å²) < 4.78 is 5.43. The number of methoxy groups -OCH3 is 1. The predicted molar refractivity (Wildman–Crippen MR) is 87.0 cm³/mol. The minimum absolute atomic E-state index is 0.232. The number of hydrogen-bond donors (Lipinski definition) is 1. The zero-order chi connectivity index (χ0) is 14.4. The van der Waals surface area contributed by atoms with Gasteiger partial charge in [-0.15, -0.1) is 11.8 Å². The number of ether oxygens (including phenoxy) is 1. The molecule has 0 spiro atoms. The van der Waals surface area contributed by atoms with Gasteiger partial charge in [0.05, 0.1) is 7.11 Å². The van der Waals surface area contributed by atoms with E-state index < -0.39 is 0 Å². The minimum atomic E-state index is 0.232. The Balaban J connectivity index is 2.09. The highest BCUT2D eigenvalue weighted by Gasteiger charge is 2.14. The van der Waals surface area contributed by atoms with Gasteiger partial charge >= 0.3 is 0 Å². The third kappa shape index (κ3) is 3.92. The molecule has 1 atom stereocenters. The molecule has 4 heteroatoms. The van der Waals surface area contributed by atoms with Crippen molar-refractivity contribution in [3.63, 3.8) is 0 Å². The van der Waals surface area contributed by atoms with Crippen molar-refractivity contribution < 1.29 is 4.74 Å². The topological polar surface area (TPSA) is 21.3 Å². The molecule has 106 valence electrons. The standard InChI is InChI=1S/C16H18ClNOS/c1-18-15(14-8-3-4-9-16(14)19-2)11-20-13-7-5-6-12(17)10-13/h3-10,15,18H,11H2,1-2H3.